The van der Waals surface area contributed by atoms with Crippen molar-refractivity contribution in [1.82, 2.24) is 5.32 Å². The van der Waals surface area contributed by atoms with Gasteiger partial charge in [-0.15, -0.1) is 0 Å². The van der Waals surface area contributed by atoms with Crippen LogP contribution in [0.1, 0.15) is 13.3 Å². The Kier molecular flexibility index (Phi) is 5.64. The van der Waals surface area contributed by atoms with Crippen LogP contribution in [0.3, 0.4) is 0 Å². The maximum atomic E-state index is 11.4. The predicted octanol–water partition coefficient (Wildman–Crippen LogP) is 1.81. The maximum Gasteiger partial charge on any atom is 0.326 e. The van der Waals surface area contributed by atoms with E-state index < -0.39 is 17.9 Å². The highest BCUT2D eigenvalue weighted by molar-refractivity contribution is 9.10. The number of carboxylic acids is 1. The number of carboxylic acid groups (broad SMARTS) is 1. The molecule has 1 rings (SSSR count). The third-order valence-corrected chi connectivity index (χ3v) is 2.75. The molecule has 6 heteroatoms. The molecule has 0 aliphatic heterocycles. The van der Waals surface area contributed by atoms with E-state index in [2.05, 4.69) is 21.2 Å². The number of halogens is 1. The fourth-order valence-electron chi connectivity index (χ4n) is 1.25. The Balaban J connectivity index is 2.41. The molecular weight excluding hydrogens is 302 g/mol. The molecule has 0 fully saturated rings. The first-order valence-corrected chi connectivity index (χ1v) is 6.22. The largest absolute Gasteiger partial charge is 0.484 e. The van der Waals surface area contributed by atoms with Crippen LogP contribution in [-0.2, 0) is 9.59 Å². The van der Waals surface area contributed by atoms with Crippen LogP contribution in [-0.4, -0.2) is 29.6 Å². The molecule has 2 N–H and O–H groups in total. The summed E-state index contributed by atoms with van der Waals surface area (Å²) in [6.07, 6.45) is 0.333. The number of aliphatic carboxylic acids is 1. The third-order valence-electron chi connectivity index (χ3n) is 2.23. The van der Waals surface area contributed by atoms with Gasteiger partial charge in [0.05, 0.1) is 0 Å². The summed E-state index contributed by atoms with van der Waals surface area (Å²) in [5.41, 5.74) is 0. The fraction of sp³-hybridized carbons (Fsp3) is 0.333. The highest BCUT2D eigenvalue weighted by Gasteiger charge is 2.17. The zero-order valence-corrected chi connectivity index (χ0v) is 11.4. The van der Waals surface area contributed by atoms with Crippen molar-refractivity contribution in [1.29, 1.82) is 0 Å². The van der Waals surface area contributed by atoms with Crippen LogP contribution in [0.4, 0.5) is 0 Å². The molecule has 1 aromatic rings. The summed E-state index contributed by atoms with van der Waals surface area (Å²) in [6, 6.07) is 6.14. The van der Waals surface area contributed by atoms with Crippen LogP contribution in [0.5, 0.6) is 5.75 Å². The van der Waals surface area contributed by atoms with Gasteiger partial charge >= 0.3 is 5.97 Å². The lowest BCUT2D eigenvalue weighted by Gasteiger charge is -2.12. The molecule has 5 nitrogen and oxygen atoms in total. The number of carbonyl (C=O) groups is 2. The second kappa shape index (κ2) is 7.00. The van der Waals surface area contributed by atoms with E-state index in [-0.39, 0.29) is 6.61 Å². The van der Waals surface area contributed by atoms with E-state index >= 15 is 0 Å². The van der Waals surface area contributed by atoms with Gasteiger partial charge in [-0.1, -0.05) is 22.9 Å². The molecule has 98 valence electrons. The van der Waals surface area contributed by atoms with Gasteiger partial charge in [0, 0.05) is 4.47 Å². The van der Waals surface area contributed by atoms with E-state index in [1.54, 1.807) is 31.2 Å². The molecule has 0 saturated heterocycles. The molecule has 0 saturated carbocycles. The molecule has 0 heterocycles. The molecule has 0 aliphatic carbocycles. The molecule has 0 bridgehead atoms. The number of benzene rings is 1. The number of hydrogen-bond acceptors (Lipinski definition) is 3. The monoisotopic (exact) mass is 315 g/mol. The van der Waals surface area contributed by atoms with Crippen molar-refractivity contribution in [3.63, 3.8) is 0 Å². The van der Waals surface area contributed by atoms with Crippen LogP contribution in [0.25, 0.3) is 0 Å². The molecule has 1 aromatic carbocycles. The fourth-order valence-corrected chi connectivity index (χ4v) is 1.52. The highest BCUT2D eigenvalue weighted by atomic mass is 79.9. The quantitative estimate of drug-likeness (QED) is 0.839. The van der Waals surface area contributed by atoms with Gasteiger partial charge < -0.3 is 15.2 Å². The number of rotatable bonds is 6. The van der Waals surface area contributed by atoms with Crippen LogP contribution in [0.2, 0.25) is 0 Å². The van der Waals surface area contributed by atoms with Gasteiger partial charge in [0.25, 0.3) is 5.91 Å². The van der Waals surface area contributed by atoms with Gasteiger partial charge in [-0.25, -0.2) is 4.79 Å². The number of ether oxygens (including phenoxy) is 1. The van der Waals surface area contributed by atoms with E-state index in [0.29, 0.717) is 12.2 Å². The zero-order valence-electron chi connectivity index (χ0n) is 9.85. The average Bonchev–Trinajstić information content (AvgIpc) is 2.35. The summed E-state index contributed by atoms with van der Waals surface area (Å²) < 4.78 is 6.14. The van der Waals surface area contributed by atoms with Gasteiger partial charge in [-0.3, -0.25) is 4.79 Å². The van der Waals surface area contributed by atoms with Crippen molar-refractivity contribution >= 4 is 27.8 Å². The van der Waals surface area contributed by atoms with Crippen molar-refractivity contribution in [2.24, 2.45) is 0 Å². The Morgan fingerprint density at radius 3 is 2.50 bits per heavy atom. The van der Waals surface area contributed by atoms with Crippen LogP contribution in [0.15, 0.2) is 28.7 Å². The van der Waals surface area contributed by atoms with E-state index in [4.69, 9.17) is 9.84 Å². The second-order valence-corrected chi connectivity index (χ2v) is 4.52. The van der Waals surface area contributed by atoms with E-state index in [0.717, 1.165) is 4.47 Å². The van der Waals surface area contributed by atoms with Crippen molar-refractivity contribution in [3.05, 3.63) is 28.7 Å². The van der Waals surface area contributed by atoms with Crippen molar-refractivity contribution < 1.29 is 19.4 Å². The lowest BCUT2D eigenvalue weighted by Crippen LogP contribution is -2.42. The second-order valence-electron chi connectivity index (χ2n) is 3.61. The van der Waals surface area contributed by atoms with E-state index in [1.807, 2.05) is 0 Å². The standard InChI is InChI=1S/C12H14BrNO4/c1-2-10(12(16)17)14-11(15)7-18-9-5-3-8(13)4-6-9/h3-6,10H,2,7H2,1H3,(H,14,15)(H,16,17). The average molecular weight is 316 g/mol. The molecule has 1 amide bonds. The summed E-state index contributed by atoms with van der Waals surface area (Å²) in [5, 5.41) is 11.2. The van der Waals surface area contributed by atoms with Gasteiger partial charge in [0.15, 0.2) is 6.61 Å². The summed E-state index contributed by atoms with van der Waals surface area (Å²) in [5.74, 6) is -0.946. The summed E-state index contributed by atoms with van der Waals surface area (Å²) in [6.45, 7) is 1.49. The first-order chi connectivity index (χ1) is 8.52. The van der Waals surface area contributed by atoms with E-state index in [1.165, 1.54) is 0 Å². The van der Waals surface area contributed by atoms with Gasteiger partial charge in [-0.05, 0) is 30.7 Å². The number of carbonyl (C=O) groups excluding carboxylic acids is 1. The molecule has 18 heavy (non-hydrogen) atoms. The Morgan fingerprint density at radius 2 is 2.00 bits per heavy atom. The predicted molar refractivity (Wildman–Crippen MR) is 69.5 cm³/mol. The maximum absolute atomic E-state index is 11.4. The van der Waals surface area contributed by atoms with Gasteiger partial charge in [0.2, 0.25) is 0 Å². The number of amides is 1. The minimum atomic E-state index is -1.05. The van der Waals surface area contributed by atoms with Crippen LogP contribution in [0, 0.1) is 0 Å². The molecular formula is C12H14BrNO4. The molecule has 0 spiro atoms. The lowest BCUT2D eigenvalue weighted by atomic mass is 10.2. The van der Waals surface area contributed by atoms with Crippen LogP contribution >= 0.6 is 15.9 Å². The number of hydrogen-bond donors (Lipinski definition) is 2. The topological polar surface area (TPSA) is 75.6 Å². The van der Waals surface area contributed by atoms with Gasteiger partial charge in [0.1, 0.15) is 11.8 Å². The Hall–Kier alpha value is -1.56. The zero-order chi connectivity index (χ0) is 13.5. The Bertz CT molecular complexity index is 419. The lowest BCUT2D eigenvalue weighted by molar-refractivity contribution is -0.142. The van der Waals surface area contributed by atoms with Crippen molar-refractivity contribution in [2.45, 2.75) is 19.4 Å². The SMILES string of the molecule is CCC(NC(=O)COc1ccc(Br)cc1)C(=O)O. The van der Waals surface area contributed by atoms with Crippen LogP contribution < -0.4 is 10.1 Å². The molecule has 1 atom stereocenters. The Morgan fingerprint density at radius 1 is 1.39 bits per heavy atom. The van der Waals surface area contributed by atoms with E-state index in [9.17, 15) is 9.59 Å². The summed E-state index contributed by atoms with van der Waals surface area (Å²) in [4.78, 5) is 22.2. The smallest absolute Gasteiger partial charge is 0.326 e. The summed E-state index contributed by atoms with van der Waals surface area (Å²) >= 11 is 3.28. The molecule has 1 unspecified atom stereocenters. The highest BCUT2D eigenvalue weighted by Crippen LogP contribution is 2.15. The third kappa shape index (κ3) is 4.75. The molecule has 0 radical (unpaired) electrons. The molecule has 0 aliphatic rings. The number of nitrogens with one attached hydrogen (secondary N) is 1. The normalized spacial score (nSPS) is 11.7. The van der Waals surface area contributed by atoms with Crippen molar-refractivity contribution in [3.8, 4) is 5.75 Å². The van der Waals surface area contributed by atoms with Crippen molar-refractivity contribution in [2.75, 3.05) is 6.61 Å². The molecule has 0 aromatic heterocycles. The minimum absolute atomic E-state index is 0.203. The first-order valence-electron chi connectivity index (χ1n) is 5.43. The summed E-state index contributed by atoms with van der Waals surface area (Å²) in [7, 11) is 0. The minimum Gasteiger partial charge on any atom is -0.484 e. The Labute approximate surface area is 113 Å². The van der Waals surface area contributed by atoms with Gasteiger partial charge in [-0.2, -0.15) is 0 Å². The first kappa shape index (κ1) is 14.5.